The van der Waals surface area contributed by atoms with Crippen LogP contribution in [-0.2, 0) is 6.18 Å². The fraction of sp³-hybridized carbons (Fsp3) is 0.533. The lowest BCUT2D eigenvalue weighted by Gasteiger charge is -2.22. The predicted octanol–water partition coefficient (Wildman–Crippen LogP) is 4.78. The molecular weight excluding hydrogens is 347 g/mol. The minimum Gasteiger partial charge on any atom is -0.352 e. The van der Waals surface area contributed by atoms with E-state index in [4.69, 9.17) is 0 Å². The van der Waals surface area contributed by atoms with Crippen LogP contribution in [0.25, 0.3) is 0 Å². The Bertz CT molecular complexity index is 510. The minimum atomic E-state index is -4.45. The lowest BCUT2D eigenvalue weighted by molar-refractivity contribution is -0.137. The van der Waals surface area contributed by atoms with E-state index in [0.717, 1.165) is 37.8 Å². The highest BCUT2D eigenvalue weighted by atomic mass is 79.9. The summed E-state index contributed by atoms with van der Waals surface area (Å²) in [6.07, 6.45) is 1.25. The average Bonchev–Trinajstić information content (AvgIpc) is 2.45. The largest absolute Gasteiger partial charge is 0.416 e. The van der Waals surface area contributed by atoms with Crippen LogP contribution in [-0.4, -0.2) is 12.5 Å². The smallest absolute Gasteiger partial charge is 0.352 e. The van der Waals surface area contributed by atoms with Crippen LogP contribution in [0.2, 0.25) is 0 Å². The molecule has 116 valence electrons. The van der Waals surface area contributed by atoms with E-state index in [1.165, 1.54) is 12.5 Å². The number of alkyl halides is 3. The number of nitrogens with one attached hydrogen (secondary N) is 1. The van der Waals surface area contributed by atoms with Gasteiger partial charge in [0, 0.05) is 11.0 Å². The molecule has 1 aliphatic rings. The standard InChI is InChI=1S/C15H17BrF3NO/c16-13-7-6-11(15(17,18)19)8-12(13)14(21)20-9-10-4-2-1-3-5-10/h6-8,10H,1-5,9H2,(H,20,21). The van der Waals surface area contributed by atoms with Crippen LogP contribution in [0.5, 0.6) is 0 Å². The first-order valence-electron chi connectivity index (χ1n) is 7.03. The fourth-order valence-electron chi connectivity index (χ4n) is 2.60. The van der Waals surface area contributed by atoms with Crippen molar-refractivity contribution >= 4 is 21.8 Å². The van der Waals surface area contributed by atoms with Crippen molar-refractivity contribution < 1.29 is 18.0 Å². The Balaban J connectivity index is 2.04. The van der Waals surface area contributed by atoms with Crippen molar-refractivity contribution in [1.29, 1.82) is 0 Å². The molecule has 0 radical (unpaired) electrons. The van der Waals surface area contributed by atoms with Crippen LogP contribution in [0.1, 0.15) is 48.0 Å². The number of carbonyl (C=O) groups is 1. The molecule has 1 aliphatic carbocycles. The molecule has 0 heterocycles. The van der Waals surface area contributed by atoms with Gasteiger partial charge in [-0.05, 0) is 52.9 Å². The van der Waals surface area contributed by atoms with Crippen molar-refractivity contribution in [3.05, 3.63) is 33.8 Å². The maximum Gasteiger partial charge on any atom is 0.416 e. The van der Waals surface area contributed by atoms with E-state index < -0.39 is 17.6 Å². The van der Waals surface area contributed by atoms with Gasteiger partial charge in [-0.25, -0.2) is 0 Å². The monoisotopic (exact) mass is 363 g/mol. The summed E-state index contributed by atoms with van der Waals surface area (Å²) >= 11 is 3.14. The van der Waals surface area contributed by atoms with Gasteiger partial charge in [0.2, 0.25) is 0 Å². The van der Waals surface area contributed by atoms with Gasteiger partial charge in [0.05, 0.1) is 11.1 Å². The van der Waals surface area contributed by atoms with E-state index in [0.29, 0.717) is 16.9 Å². The summed E-state index contributed by atoms with van der Waals surface area (Å²) in [5.74, 6) is -0.0224. The van der Waals surface area contributed by atoms with Crippen LogP contribution in [0.3, 0.4) is 0 Å². The molecule has 1 N–H and O–H groups in total. The average molecular weight is 364 g/mol. The van der Waals surface area contributed by atoms with E-state index in [-0.39, 0.29) is 5.56 Å². The van der Waals surface area contributed by atoms with Crippen molar-refractivity contribution in [2.75, 3.05) is 6.54 Å². The molecule has 2 rings (SSSR count). The van der Waals surface area contributed by atoms with Crippen molar-refractivity contribution in [2.45, 2.75) is 38.3 Å². The molecule has 1 aromatic carbocycles. The molecule has 0 unspecified atom stereocenters. The minimum absolute atomic E-state index is 0.0284. The number of carbonyl (C=O) groups excluding carboxylic acids is 1. The number of halogens is 4. The predicted molar refractivity (Wildman–Crippen MR) is 78.1 cm³/mol. The number of rotatable bonds is 3. The van der Waals surface area contributed by atoms with Crippen molar-refractivity contribution in [1.82, 2.24) is 5.32 Å². The van der Waals surface area contributed by atoms with Gasteiger partial charge in [-0.1, -0.05) is 19.3 Å². The quantitative estimate of drug-likeness (QED) is 0.822. The third-order valence-electron chi connectivity index (χ3n) is 3.81. The SMILES string of the molecule is O=C(NCC1CCCCC1)c1cc(C(F)(F)F)ccc1Br. The molecule has 21 heavy (non-hydrogen) atoms. The Hall–Kier alpha value is -1.04. The number of hydrogen-bond donors (Lipinski definition) is 1. The topological polar surface area (TPSA) is 29.1 Å². The van der Waals surface area contributed by atoms with Gasteiger partial charge >= 0.3 is 6.18 Å². The molecule has 0 atom stereocenters. The lowest BCUT2D eigenvalue weighted by Crippen LogP contribution is -2.30. The summed E-state index contributed by atoms with van der Waals surface area (Å²) in [5.41, 5.74) is -0.783. The highest BCUT2D eigenvalue weighted by Gasteiger charge is 2.31. The Morgan fingerprint density at radius 2 is 1.90 bits per heavy atom. The van der Waals surface area contributed by atoms with Gasteiger partial charge in [-0.3, -0.25) is 4.79 Å². The number of benzene rings is 1. The molecule has 0 aromatic heterocycles. The lowest BCUT2D eigenvalue weighted by atomic mass is 9.89. The van der Waals surface area contributed by atoms with Gasteiger partial charge in [-0.2, -0.15) is 13.2 Å². The van der Waals surface area contributed by atoms with Crippen LogP contribution < -0.4 is 5.32 Å². The molecule has 1 saturated carbocycles. The molecule has 1 amide bonds. The second-order valence-electron chi connectivity index (χ2n) is 5.41. The van der Waals surface area contributed by atoms with E-state index >= 15 is 0 Å². The molecule has 1 fully saturated rings. The van der Waals surface area contributed by atoms with Gasteiger partial charge in [0.15, 0.2) is 0 Å². The summed E-state index contributed by atoms with van der Waals surface area (Å²) in [7, 11) is 0. The summed E-state index contributed by atoms with van der Waals surface area (Å²) in [6.45, 7) is 0.529. The van der Waals surface area contributed by atoms with Crippen LogP contribution in [0.4, 0.5) is 13.2 Å². The van der Waals surface area contributed by atoms with Crippen LogP contribution in [0.15, 0.2) is 22.7 Å². The Labute approximate surface area is 130 Å². The second kappa shape index (κ2) is 6.81. The van der Waals surface area contributed by atoms with Gasteiger partial charge < -0.3 is 5.32 Å². The second-order valence-corrected chi connectivity index (χ2v) is 6.26. The third-order valence-corrected chi connectivity index (χ3v) is 4.51. The summed E-state index contributed by atoms with van der Waals surface area (Å²) < 4.78 is 38.4. The van der Waals surface area contributed by atoms with E-state index in [1.807, 2.05) is 0 Å². The molecule has 2 nitrogen and oxygen atoms in total. The molecule has 6 heteroatoms. The molecule has 1 aromatic rings. The first-order chi connectivity index (χ1) is 9.88. The van der Waals surface area contributed by atoms with Gasteiger partial charge in [-0.15, -0.1) is 0 Å². The van der Waals surface area contributed by atoms with Crippen LogP contribution >= 0.6 is 15.9 Å². The van der Waals surface area contributed by atoms with E-state index in [2.05, 4.69) is 21.2 Å². The molecule has 0 aliphatic heterocycles. The zero-order valence-corrected chi connectivity index (χ0v) is 13.1. The molecule has 0 saturated heterocycles. The van der Waals surface area contributed by atoms with Crippen molar-refractivity contribution in [2.24, 2.45) is 5.92 Å². The summed E-state index contributed by atoms with van der Waals surface area (Å²) in [6, 6.07) is 3.11. The van der Waals surface area contributed by atoms with Crippen molar-refractivity contribution in [3.63, 3.8) is 0 Å². The highest BCUT2D eigenvalue weighted by molar-refractivity contribution is 9.10. The third kappa shape index (κ3) is 4.46. The molecule has 0 bridgehead atoms. The zero-order valence-electron chi connectivity index (χ0n) is 11.5. The van der Waals surface area contributed by atoms with E-state index in [9.17, 15) is 18.0 Å². The zero-order chi connectivity index (χ0) is 15.5. The fourth-order valence-corrected chi connectivity index (χ4v) is 3.03. The highest BCUT2D eigenvalue weighted by Crippen LogP contribution is 2.32. The first kappa shape index (κ1) is 16.3. The van der Waals surface area contributed by atoms with Crippen molar-refractivity contribution in [3.8, 4) is 0 Å². The summed E-state index contributed by atoms with van der Waals surface area (Å²) in [4.78, 5) is 12.1. The maximum absolute atomic E-state index is 12.7. The number of hydrogen-bond acceptors (Lipinski definition) is 1. The van der Waals surface area contributed by atoms with Gasteiger partial charge in [0.25, 0.3) is 5.91 Å². The van der Waals surface area contributed by atoms with E-state index in [1.54, 1.807) is 0 Å². The Morgan fingerprint density at radius 3 is 2.52 bits per heavy atom. The normalized spacial score (nSPS) is 16.8. The molecular formula is C15H17BrF3NO. The van der Waals surface area contributed by atoms with Gasteiger partial charge in [0.1, 0.15) is 0 Å². The Kier molecular flexibility index (Phi) is 5.30. The molecule has 0 spiro atoms. The van der Waals surface area contributed by atoms with Crippen LogP contribution in [0, 0.1) is 5.92 Å². The Morgan fingerprint density at radius 1 is 1.24 bits per heavy atom. The summed E-state index contributed by atoms with van der Waals surface area (Å²) in [5, 5.41) is 2.75. The maximum atomic E-state index is 12.7. The number of amides is 1. The first-order valence-corrected chi connectivity index (χ1v) is 7.82.